The van der Waals surface area contributed by atoms with E-state index in [0.29, 0.717) is 12.3 Å². The molecular weight excluding hydrogens is 378 g/mol. The van der Waals surface area contributed by atoms with Crippen LogP contribution < -0.4 is 9.64 Å². The molecule has 0 bridgehead atoms. The predicted molar refractivity (Wildman–Crippen MR) is 116 cm³/mol. The zero-order chi connectivity index (χ0) is 21.4. The van der Waals surface area contributed by atoms with Gasteiger partial charge in [0.15, 0.2) is 6.61 Å². The molecule has 156 valence electrons. The smallest absolute Gasteiger partial charge is 0.344 e. The summed E-state index contributed by atoms with van der Waals surface area (Å²) >= 11 is 0. The number of esters is 1. The van der Waals surface area contributed by atoms with Crippen molar-refractivity contribution in [2.45, 2.75) is 39.5 Å². The predicted octanol–water partition coefficient (Wildman–Crippen LogP) is 4.40. The average molecular weight is 405 g/mol. The van der Waals surface area contributed by atoms with Crippen molar-refractivity contribution in [1.29, 1.82) is 0 Å². The molecule has 2 aromatic carbocycles. The van der Waals surface area contributed by atoms with Crippen LogP contribution in [0.2, 0.25) is 0 Å². The van der Waals surface area contributed by atoms with E-state index in [4.69, 9.17) is 9.47 Å². The van der Waals surface area contributed by atoms with Gasteiger partial charge in [0, 0.05) is 13.1 Å². The SMILES string of the molecule is CC(C)(C)OC(=O)COc1cccc(CN(Cc2ccccc2)c2cncnc2)c1. The van der Waals surface area contributed by atoms with E-state index in [1.165, 1.54) is 11.9 Å². The highest BCUT2D eigenvalue weighted by Gasteiger charge is 2.17. The quantitative estimate of drug-likeness (QED) is 0.518. The van der Waals surface area contributed by atoms with Crippen LogP contribution >= 0.6 is 0 Å². The summed E-state index contributed by atoms with van der Waals surface area (Å²) < 4.78 is 10.9. The molecule has 0 amide bonds. The molecule has 0 aliphatic carbocycles. The molecule has 1 heterocycles. The van der Waals surface area contributed by atoms with Crippen molar-refractivity contribution in [2.75, 3.05) is 11.5 Å². The number of benzene rings is 2. The third kappa shape index (κ3) is 6.88. The van der Waals surface area contributed by atoms with Crippen molar-refractivity contribution in [3.05, 3.63) is 84.4 Å². The number of hydrogen-bond acceptors (Lipinski definition) is 6. The second-order valence-electron chi connectivity index (χ2n) is 7.96. The molecule has 0 fully saturated rings. The largest absolute Gasteiger partial charge is 0.482 e. The van der Waals surface area contributed by atoms with Gasteiger partial charge in [0.05, 0.1) is 18.1 Å². The van der Waals surface area contributed by atoms with Gasteiger partial charge in [-0.05, 0) is 44.0 Å². The Morgan fingerprint density at radius 2 is 1.60 bits per heavy atom. The van der Waals surface area contributed by atoms with E-state index in [2.05, 4.69) is 27.0 Å². The minimum Gasteiger partial charge on any atom is -0.482 e. The van der Waals surface area contributed by atoms with E-state index >= 15 is 0 Å². The number of ether oxygens (including phenoxy) is 2. The Hall–Kier alpha value is -3.41. The Labute approximate surface area is 177 Å². The topological polar surface area (TPSA) is 64.6 Å². The molecular formula is C24H27N3O3. The van der Waals surface area contributed by atoms with Gasteiger partial charge in [0.25, 0.3) is 0 Å². The lowest BCUT2D eigenvalue weighted by atomic mass is 10.1. The molecule has 0 atom stereocenters. The van der Waals surface area contributed by atoms with E-state index in [1.54, 1.807) is 12.4 Å². The summed E-state index contributed by atoms with van der Waals surface area (Å²) in [5.74, 6) is 0.238. The number of nitrogens with zero attached hydrogens (tertiary/aromatic N) is 3. The molecule has 3 rings (SSSR count). The van der Waals surface area contributed by atoms with Crippen LogP contribution in [0.5, 0.6) is 5.75 Å². The van der Waals surface area contributed by atoms with Gasteiger partial charge in [-0.1, -0.05) is 42.5 Å². The zero-order valence-electron chi connectivity index (χ0n) is 17.6. The van der Waals surface area contributed by atoms with Gasteiger partial charge in [-0.25, -0.2) is 14.8 Å². The average Bonchev–Trinajstić information content (AvgIpc) is 2.72. The lowest BCUT2D eigenvalue weighted by Gasteiger charge is -2.24. The van der Waals surface area contributed by atoms with Crippen molar-refractivity contribution in [3.8, 4) is 5.75 Å². The maximum absolute atomic E-state index is 11.9. The molecule has 30 heavy (non-hydrogen) atoms. The normalized spacial score (nSPS) is 11.0. The first-order chi connectivity index (χ1) is 14.4. The molecule has 6 nitrogen and oxygen atoms in total. The monoisotopic (exact) mass is 405 g/mol. The summed E-state index contributed by atoms with van der Waals surface area (Å²) in [6, 6.07) is 18.0. The summed E-state index contributed by atoms with van der Waals surface area (Å²) in [5.41, 5.74) is 2.65. The number of carbonyl (C=O) groups excluding carboxylic acids is 1. The highest BCUT2D eigenvalue weighted by Crippen LogP contribution is 2.21. The molecule has 0 radical (unpaired) electrons. The first-order valence-corrected chi connectivity index (χ1v) is 9.86. The summed E-state index contributed by atoms with van der Waals surface area (Å²) in [4.78, 5) is 22.4. The molecule has 1 aromatic heterocycles. The Balaban J connectivity index is 1.70. The van der Waals surface area contributed by atoms with E-state index in [1.807, 2.05) is 63.2 Å². The number of carbonyl (C=O) groups is 1. The molecule has 0 aliphatic rings. The van der Waals surface area contributed by atoms with Crippen molar-refractivity contribution in [1.82, 2.24) is 9.97 Å². The molecule has 3 aromatic rings. The van der Waals surface area contributed by atoms with Crippen LogP contribution in [-0.2, 0) is 22.6 Å². The molecule has 6 heteroatoms. The highest BCUT2D eigenvalue weighted by atomic mass is 16.6. The number of hydrogen-bond donors (Lipinski definition) is 0. The summed E-state index contributed by atoms with van der Waals surface area (Å²) in [6.07, 6.45) is 5.13. The van der Waals surface area contributed by atoms with Crippen LogP contribution in [0, 0.1) is 0 Å². The molecule has 0 saturated carbocycles. The molecule has 0 spiro atoms. The molecule has 0 aliphatic heterocycles. The van der Waals surface area contributed by atoms with Gasteiger partial charge in [-0.15, -0.1) is 0 Å². The minimum absolute atomic E-state index is 0.124. The van der Waals surface area contributed by atoms with Gasteiger partial charge < -0.3 is 14.4 Å². The number of anilines is 1. The van der Waals surface area contributed by atoms with Crippen molar-refractivity contribution in [2.24, 2.45) is 0 Å². The Kier molecular flexibility index (Phi) is 7.01. The Bertz CT molecular complexity index is 941. The van der Waals surface area contributed by atoms with Crippen LogP contribution in [0.1, 0.15) is 31.9 Å². The standard InChI is InChI=1S/C24H27N3O3/c1-24(2,3)30-23(28)17-29-22-11-7-10-20(12-22)16-27(21-13-25-18-26-14-21)15-19-8-5-4-6-9-19/h4-14,18H,15-17H2,1-3H3. The van der Waals surface area contributed by atoms with Crippen LogP contribution in [0.4, 0.5) is 5.69 Å². The lowest BCUT2D eigenvalue weighted by Crippen LogP contribution is -2.27. The van der Waals surface area contributed by atoms with Crippen LogP contribution in [0.15, 0.2) is 73.3 Å². The summed E-state index contributed by atoms with van der Waals surface area (Å²) in [7, 11) is 0. The second kappa shape index (κ2) is 9.87. The lowest BCUT2D eigenvalue weighted by molar-refractivity contribution is -0.157. The fourth-order valence-corrected chi connectivity index (χ4v) is 2.96. The second-order valence-corrected chi connectivity index (χ2v) is 7.96. The van der Waals surface area contributed by atoms with Crippen LogP contribution in [-0.4, -0.2) is 28.1 Å². The fourth-order valence-electron chi connectivity index (χ4n) is 2.96. The number of aromatic nitrogens is 2. The zero-order valence-corrected chi connectivity index (χ0v) is 17.6. The maximum atomic E-state index is 11.9. The van der Waals surface area contributed by atoms with E-state index < -0.39 is 5.60 Å². The highest BCUT2D eigenvalue weighted by molar-refractivity contribution is 5.71. The van der Waals surface area contributed by atoms with Gasteiger partial charge in [0.2, 0.25) is 0 Å². The van der Waals surface area contributed by atoms with Crippen LogP contribution in [0.25, 0.3) is 0 Å². The Morgan fingerprint density at radius 1 is 0.933 bits per heavy atom. The Morgan fingerprint density at radius 3 is 2.30 bits per heavy atom. The van der Waals surface area contributed by atoms with E-state index in [0.717, 1.165) is 17.8 Å². The van der Waals surface area contributed by atoms with Crippen molar-refractivity contribution < 1.29 is 14.3 Å². The maximum Gasteiger partial charge on any atom is 0.344 e. The third-order valence-corrected chi connectivity index (χ3v) is 4.18. The summed E-state index contributed by atoms with van der Waals surface area (Å²) in [5, 5.41) is 0. The fraction of sp³-hybridized carbons (Fsp3) is 0.292. The van der Waals surface area contributed by atoms with Gasteiger partial charge in [-0.3, -0.25) is 0 Å². The molecule has 0 N–H and O–H groups in total. The first-order valence-electron chi connectivity index (χ1n) is 9.86. The third-order valence-electron chi connectivity index (χ3n) is 4.18. The molecule has 0 unspecified atom stereocenters. The van der Waals surface area contributed by atoms with E-state index in [9.17, 15) is 4.79 Å². The number of rotatable bonds is 8. The van der Waals surface area contributed by atoms with Gasteiger partial charge in [-0.2, -0.15) is 0 Å². The first kappa shape index (κ1) is 21.3. The van der Waals surface area contributed by atoms with Crippen molar-refractivity contribution >= 4 is 11.7 Å². The van der Waals surface area contributed by atoms with Gasteiger partial charge >= 0.3 is 5.97 Å². The molecule has 0 saturated heterocycles. The van der Waals surface area contributed by atoms with Crippen molar-refractivity contribution in [3.63, 3.8) is 0 Å². The van der Waals surface area contributed by atoms with Gasteiger partial charge in [0.1, 0.15) is 17.7 Å². The minimum atomic E-state index is -0.530. The van der Waals surface area contributed by atoms with E-state index in [-0.39, 0.29) is 12.6 Å². The van der Waals surface area contributed by atoms with Crippen LogP contribution in [0.3, 0.4) is 0 Å². The summed E-state index contributed by atoms with van der Waals surface area (Å²) in [6.45, 7) is 6.74.